The zero-order valence-electron chi connectivity index (χ0n) is 15.6. The number of likely N-dealkylation sites (N-methyl/N-ethyl adjacent to an activating group) is 1. The summed E-state index contributed by atoms with van der Waals surface area (Å²) in [5, 5.41) is 13.2. The fourth-order valence-electron chi connectivity index (χ4n) is 2.75. The van der Waals surface area contributed by atoms with Crippen LogP contribution in [0, 0.1) is 17.0 Å². The van der Waals surface area contributed by atoms with Gasteiger partial charge in [-0.2, -0.15) is 13.2 Å². The number of hydrogen-bond donors (Lipinski definition) is 1. The first kappa shape index (κ1) is 21.9. The van der Waals surface area contributed by atoms with Gasteiger partial charge in [-0.1, -0.05) is 18.2 Å². The first-order chi connectivity index (χ1) is 13.6. The molecular formula is C19H18F3N3O4. The Bertz CT molecular complexity index is 945. The summed E-state index contributed by atoms with van der Waals surface area (Å²) >= 11 is 0. The number of nitrogens with one attached hydrogen (secondary N) is 1. The Kier molecular flexibility index (Phi) is 6.57. The van der Waals surface area contributed by atoms with Gasteiger partial charge in [0.05, 0.1) is 16.2 Å². The molecule has 0 aliphatic heterocycles. The number of carbonyl (C=O) groups excluding carboxylic acids is 2. The molecule has 0 saturated carbocycles. The maximum Gasteiger partial charge on any atom is 0.418 e. The standard InChI is InChI=1S/C19H18F3N3O4/c1-3-24(18(27)13-7-6-10-16(12(13)2)25(28)29)11-17(26)23-15-9-5-4-8-14(15)19(20,21)22/h4-10H,3,11H2,1-2H3,(H,23,26). The Labute approximate surface area is 164 Å². The number of nitro benzene ring substituents is 1. The quantitative estimate of drug-likeness (QED) is 0.576. The topological polar surface area (TPSA) is 92.6 Å². The van der Waals surface area contributed by atoms with Crippen molar-refractivity contribution in [1.82, 2.24) is 4.90 Å². The molecule has 0 aromatic heterocycles. The number of nitrogens with zero attached hydrogens (tertiary/aromatic N) is 2. The second-order valence-corrected chi connectivity index (χ2v) is 6.12. The van der Waals surface area contributed by atoms with E-state index in [4.69, 9.17) is 0 Å². The summed E-state index contributed by atoms with van der Waals surface area (Å²) in [4.78, 5) is 36.5. The lowest BCUT2D eigenvalue weighted by Crippen LogP contribution is -2.38. The van der Waals surface area contributed by atoms with Gasteiger partial charge in [-0.3, -0.25) is 19.7 Å². The van der Waals surface area contributed by atoms with Gasteiger partial charge in [-0.15, -0.1) is 0 Å². The molecule has 0 radical (unpaired) electrons. The minimum atomic E-state index is -4.65. The third kappa shape index (κ3) is 5.09. The van der Waals surface area contributed by atoms with Crippen LogP contribution >= 0.6 is 0 Å². The van der Waals surface area contributed by atoms with E-state index in [-0.39, 0.29) is 23.4 Å². The van der Waals surface area contributed by atoms with Crippen molar-refractivity contribution in [3.63, 3.8) is 0 Å². The fraction of sp³-hybridized carbons (Fsp3) is 0.263. The van der Waals surface area contributed by atoms with Crippen molar-refractivity contribution in [3.8, 4) is 0 Å². The number of halogens is 3. The summed E-state index contributed by atoms with van der Waals surface area (Å²) < 4.78 is 39.2. The Morgan fingerprint density at radius 1 is 1.14 bits per heavy atom. The zero-order valence-corrected chi connectivity index (χ0v) is 15.6. The van der Waals surface area contributed by atoms with Crippen LogP contribution in [0.5, 0.6) is 0 Å². The van der Waals surface area contributed by atoms with Crippen LogP contribution in [0.2, 0.25) is 0 Å². The highest BCUT2D eigenvalue weighted by Gasteiger charge is 2.33. The SMILES string of the molecule is CCN(CC(=O)Nc1ccccc1C(F)(F)F)C(=O)c1cccc([N+](=O)[O-])c1C. The number of nitro groups is 1. The van der Waals surface area contributed by atoms with Crippen LogP contribution in [0.3, 0.4) is 0 Å². The molecule has 0 saturated heterocycles. The number of hydrogen-bond acceptors (Lipinski definition) is 4. The van der Waals surface area contributed by atoms with Crippen LogP contribution < -0.4 is 5.32 Å². The average molecular weight is 409 g/mol. The van der Waals surface area contributed by atoms with Crippen LogP contribution in [-0.4, -0.2) is 34.7 Å². The van der Waals surface area contributed by atoms with Crippen LogP contribution in [0.25, 0.3) is 0 Å². The molecule has 29 heavy (non-hydrogen) atoms. The van der Waals surface area contributed by atoms with Crippen molar-refractivity contribution in [2.24, 2.45) is 0 Å². The van der Waals surface area contributed by atoms with Crippen molar-refractivity contribution in [1.29, 1.82) is 0 Å². The summed E-state index contributed by atoms with van der Waals surface area (Å²) in [5.74, 6) is -1.45. The number of para-hydroxylation sites is 1. The van der Waals surface area contributed by atoms with Gasteiger partial charge in [-0.05, 0) is 32.0 Å². The van der Waals surface area contributed by atoms with Gasteiger partial charge in [-0.25, -0.2) is 0 Å². The summed E-state index contributed by atoms with van der Waals surface area (Å²) in [6.07, 6.45) is -4.65. The van der Waals surface area contributed by atoms with E-state index in [0.29, 0.717) is 0 Å². The molecule has 0 aliphatic carbocycles. The number of alkyl halides is 3. The van der Waals surface area contributed by atoms with Crippen molar-refractivity contribution in [2.45, 2.75) is 20.0 Å². The number of rotatable bonds is 6. The minimum absolute atomic E-state index is 0.0459. The Balaban J connectivity index is 2.21. The van der Waals surface area contributed by atoms with Crippen LogP contribution in [0.1, 0.15) is 28.4 Å². The molecule has 0 bridgehead atoms. The molecule has 2 rings (SSSR count). The Hall–Kier alpha value is -3.43. The lowest BCUT2D eigenvalue weighted by molar-refractivity contribution is -0.385. The van der Waals surface area contributed by atoms with E-state index in [1.807, 2.05) is 0 Å². The van der Waals surface area contributed by atoms with Crippen LogP contribution in [0.15, 0.2) is 42.5 Å². The first-order valence-electron chi connectivity index (χ1n) is 8.55. The van der Waals surface area contributed by atoms with E-state index in [9.17, 15) is 32.9 Å². The summed E-state index contributed by atoms with van der Waals surface area (Å²) in [5.41, 5.74) is -1.47. The lowest BCUT2D eigenvalue weighted by Gasteiger charge is -2.22. The molecule has 0 unspecified atom stereocenters. The van der Waals surface area contributed by atoms with Gasteiger partial charge < -0.3 is 10.2 Å². The molecule has 0 fully saturated rings. The monoisotopic (exact) mass is 409 g/mol. The second kappa shape index (κ2) is 8.72. The van der Waals surface area contributed by atoms with E-state index in [1.165, 1.54) is 37.3 Å². The number of carbonyl (C=O) groups is 2. The Morgan fingerprint density at radius 2 is 1.79 bits per heavy atom. The van der Waals surface area contributed by atoms with Gasteiger partial charge in [0.2, 0.25) is 5.91 Å². The molecular weight excluding hydrogens is 391 g/mol. The van der Waals surface area contributed by atoms with E-state index in [2.05, 4.69) is 5.32 Å². The predicted octanol–water partition coefficient (Wildman–Crippen LogP) is 4.02. The highest BCUT2D eigenvalue weighted by Crippen LogP contribution is 2.34. The van der Waals surface area contributed by atoms with Crippen molar-refractivity contribution >= 4 is 23.2 Å². The van der Waals surface area contributed by atoms with Crippen molar-refractivity contribution < 1.29 is 27.7 Å². The molecule has 0 atom stereocenters. The van der Waals surface area contributed by atoms with Crippen molar-refractivity contribution in [3.05, 3.63) is 69.3 Å². The third-order valence-electron chi connectivity index (χ3n) is 4.24. The van der Waals surface area contributed by atoms with Crippen LogP contribution in [0.4, 0.5) is 24.5 Å². The molecule has 154 valence electrons. The largest absolute Gasteiger partial charge is 0.418 e. The smallest absolute Gasteiger partial charge is 0.330 e. The highest BCUT2D eigenvalue weighted by atomic mass is 19.4. The molecule has 7 nitrogen and oxygen atoms in total. The molecule has 0 aliphatic rings. The molecule has 2 aromatic carbocycles. The van der Waals surface area contributed by atoms with Gasteiger partial charge in [0, 0.05) is 23.7 Å². The summed E-state index contributed by atoms with van der Waals surface area (Å²) in [6, 6.07) is 8.50. The van der Waals surface area contributed by atoms with E-state index in [0.717, 1.165) is 17.0 Å². The summed E-state index contributed by atoms with van der Waals surface area (Å²) in [7, 11) is 0. The molecule has 0 heterocycles. The molecule has 10 heteroatoms. The number of amides is 2. The van der Waals surface area contributed by atoms with E-state index < -0.39 is 40.7 Å². The third-order valence-corrected chi connectivity index (χ3v) is 4.24. The number of anilines is 1. The lowest BCUT2D eigenvalue weighted by atomic mass is 10.1. The molecule has 2 aromatic rings. The molecule has 1 N–H and O–H groups in total. The van der Waals surface area contributed by atoms with E-state index >= 15 is 0 Å². The highest BCUT2D eigenvalue weighted by molar-refractivity contribution is 6.00. The minimum Gasteiger partial charge on any atom is -0.330 e. The fourth-order valence-corrected chi connectivity index (χ4v) is 2.75. The number of benzene rings is 2. The average Bonchev–Trinajstić information content (AvgIpc) is 2.65. The maximum absolute atomic E-state index is 13.1. The Morgan fingerprint density at radius 3 is 2.38 bits per heavy atom. The maximum atomic E-state index is 13.1. The zero-order chi connectivity index (χ0) is 21.8. The predicted molar refractivity (Wildman–Crippen MR) is 99.5 cm³/mol. The summed E-state index contributed by atoms with van der Waals surface area (Å²) in [6.45, 7) is 2.57. The van der Waals surface area contributed by atoms with Gasteiger partial charge >= 0.3 is 6.18 Å². The van der Waals surface area contributed by atoms with Gasteiger partial charge in [0.15, 0.2) is 0 Å². The van der Waals surface area contributed by atoms with Crippen molar-refractivity contribution in [2.75, 3.05) is 18.4 Å². The second-order valence-electron chi connectivity index (χ2n) is 6.12. The van der Waals surface area contributed by atoms with Gasteiger partial charge in [0.1, 0.15) is 6.54 Å². The first-order valence-corrected chi connectivity index (χ1v) is 8.55. The molecule has 0 spiro atoms. The molecule has 2 amide bonds. The van der Waals surface area contributed by atoms with E-state index in [1.54, 1.807) is 6.92 Å². The van der Waals surface area contributed by atoms with Gasteiger partial charge in [0.25, 0.3) is 11.6 Å². The van der Waals surface area contributed by atoms with Crippen LogP contribution in [-0.2, 0) is 11.0 Å². The normalized spacial score (nSPS) is 11.1.